The lowest BCUT2D eigenvalue weighted by Gasteiger charge is -2.46. The van der Waals surface area contributed by atoms with Crippen molar-refractivity contribution in [1.29, 1.82) is 0 Å². The van der Waals surface area contributed by atoms with Gasteiger partial charge in [0.1, 0.15) is 0 Å². The van der Waals surface area contributed by atoms with E-state index in [1.807, 2.05) is 17.8 Å². The molecule has 1 aliphatic heterocycles. The van der Waals surface area contributed by atoms with Crippen LogP contribution in [0.4, 0.5) is 5.69 Å². The Hall–Kier alpha value is -1.11. The quantitative estimate of drug-likeness (QED) is 0.382. The second kappa shape index (κ2) is 9.55. The summed E-state index contributed by atoms with van der Waals surface area (Å²) in [4.78, 5) is 13.1. The fourth-order valence-corrected chi connectivity index (χ4v) is 4.32. The summed E-state index contributed by atoms with van der Waals surface area (Å²) in [5.74, 6) is 0. The van der Waals surface area contributed by atoms with Gasteiger partial charge in [0, 0.05) is 31.8 Å². The van der Waals surface area contributed by atoms with E-state index in [9.17, 15) is 10.1 Å². The zero-order valence-corrected chi connectivity index (χ0v) is 16.6. The maximum Gasteiger partial charge on any atom is 0.269 e. The fourth-order valence-electron chi connectivity index (χ4n) is 3.86. The van der Waals surface area contributed by atoms with Gasteiger partial charge < -0.3 is 4.48 Å². The molecule has 2 rings (SSSR count). The number of non-ortho nitro benzene ring substituents is 1. The third kappa shape index (κ3) is 5.97. The minimum Gasteiger partial charge on any atom is -0.321 e. The average Bonchev–Trinajstić information content (AvgIpc) is 2.61. The fraction of sp³-hybridized carbons (Fsp3) is 0.684. The number of nitrogens with zero attached hydrogens (tertiary/aromatic N) is 3. The van der Waals surface area contributed by atoms with Crippen molar-refractivity contribution >= 4 is 17.4 Å². The van der Waals surface area contributed by atoms with E-state index in [2.05, 4.69) is 25.0 Å². The zero-order valence-electron chi connectivity index (χ0n) is 15.8. The Morgan fingerprint density at radius 3 is 2.68 bits per heavy atom. The third-order valence-electron chi connectivity index (χ3n) is 5.36. The van der Waals surface area contributed by atoms with Gasteiger partial charge in [-0.05, 0) is 31.6 Å². The molecule has 0 aliphatic carbocycles. The highest BCUT2D eigenvalue weighted by Crippen LogP contribution is 2.20. The molecule has 1 atom stereocenters. The SMILES string of the molecule is CCC[N+]1(CC(C)SC)CCN(CCc2cccc([N+](=O)[O-])c2)CC1. The van der Waals surface area contributed by atoms with Crippen LogP contribution in [0, 0.1) is 10.1 Å². The Kier molecular flexibility index (Phi) is 7.72. The summed E-state index contributed by atoms with van der Waals surface area (Å²) >= 11 is 1.97. The molecule has 140 valence electrons. The van der Waals surface area contributed by atoms with Crippen LogP contribution in [0.15, 0.2) is 24.3 Å². The molecule has 0 saturated carbocycles. The van der Waals surface area contributed by atoms with Gasteiger partial charge in [-0.25, -0.2) is 0 Å². The van der Waals surface area contributed by atoms with Gasteiger partial charge in [-0.1, -0.05) is 19.1 Å². The summed E-state index contributed by atoms with van der Waals surface area (Å²) in [6.07, 6.45) is 4.34. The van der Waals surface area contributed by atoms with E-state index >= 15 is 0 Å². The monoisotopic (exact) mass is 366 g/mol. The summed E-state index contributed by atoms with van der Waals surface area (Å²) in [5.41, 5.74) is 1.26. The highest BCUT2D eigenvalue weighted by molar-refractivity contribution is 7.99. The number of rotatable bonds is 9. The number of quaternary nitrogens is 1. The predicted octanol–water partition coefficient (Wildman–Crippen LogP) is 3.43. The molecule has 1 heterocycles. The lowest BCUT2D eigenvalue weighted by Crippen LogP contribution is -2.61. The minimum atomic E-state index is -0.312. The Bertz CT molecular complexity index is 559. The molecule has 1 aromatic rings. The Morgan fingerprint density at radius 2 is 2.08 bits per heavy atom. The van der Waals surface area contributed by atoms with Crippen LogP contribution in [0.1, 0.15) is 25.8 Å². The molecular formula is C19H32N3O2S+. The molecular weight excluding hydrogens is 334 g/mol. The van der Waals surface area contributed by atoms with E-state index in [0.29, 0.717) is 5.25 Å². The molecule has 0 radical (unpaired) electrons. The molecule has 6 heteroatoms. The van der Waals surface area contributed by atoms with Gasteiger partial charge in [0.25, 0.3) is 5.69 Å². The smallest absolute Gasteiger partial charge is 0.269 e. The predicted molar refractivity (Wildman–Crippen MR) is 106 cm³/mol. The third-order valence-corrected chi connectivity index (χ3v) is 6.32. The summed E-state index contributed by atoms with van der Waals surface area (Å²) in [6, 6.07) is 7.06. The first-order chi connectivity index (χ1) is 12.0. The standard InChI is InChI=1S/C19H32N3O2S/c1-4-12-22(16-17(2)25-3)13-10-20(11-14-22)9-8-18-6-5-7-19(15-18)21(23)24/h5-7,15,17H,4,8-14,16H2,1-3H3/q+1. The highest BCUT2D eigenvalue weighted by Gasteiger charge is 2.33. The summed E-state index contributed by atoms with van der Waals surface area (Å²) < 4.78 is 1.26. The molecule has 25 heavy (non-hydrogen) atoms. The maximum atomic E-state index is 10.9. The van der Waals surface area contributed by atoms with Gasteiger partial charge >= 0.3 is 0 Å². The first kappa shape index (κ1) is 20.2. The molecule has 1 fully saturated rings. The number of piperazine rings is 1. The van der Waals surface area contributed by atoms with Crippen LogP contribution in [0.3, 0.4) is 0 Å². The zero-order chi connectivity index (χ0) is 18.3. The summed E-state index contributed by atoms with van der Waals surface area (Å²) in [6.45, 7) is 12.9. The number of benzene rings is 1. The van der Waals surface area contributed by atoms with Gasteiger partial charge in [-0.3, -0.25) is 15.0 Å². The van der Waals surface area contributed by atoms with Crippen molar-refractivity contribution in [2.24, 2.45) is 0 Å². The number of hydrogen-bond acceptors (Lipinski definition) is 4. The van der Waals surface area contributed by atoms with Crippen molar-refractivity contribution in [2.45, 2.75) is 31.9 Å². The van der Waals surface area contributed by atoms with Crippen LogP contribution in [0.5, 0.6) is 0 Å². The minimum absolute atomic E-state index is 0.195. The van der Waals surface area contributed by atoms with Crippen molar-refractivity contribution in [3.05, 3.63) is 39.9 Å². The molecule has 0 bridgehead atoms. The van der Waals surface area contributed by atoms with E-state index in [-0.39, 0.29) is 10.6 Å². The molecule has 1 aliphatic rings. The molecule has 0 aromatic heterocycles. The van der Waals surface area contributed by atoms with E-state index in [1.54, 1.807) is 18.2 Å². The van der Waals surface area contributed by atoms with Crippen LogP contribution in [0.2, 0.25) is 0 Å². The highest BCUT2D eigenvalue weighted by atomic mass is 32.2. The summed E-state index contributed by atoms with van der Waals surface area (Å²) in [5, 5.41) is 11.6. The second-order valence-electron chi connectivity index (χ2n) is 7.26. The molecule has 1 aromatic carbocycles. The molecule has 1 unspecified atom stereocenters. The molecule has 0 spiro atoms. The van der Waals surface area contributed by atoms with Gasteiger partial charge in [0.2, 0.25) is 0 Å². The van der Waals surface area contributed by atoms with Crippen LogP contribution >= 0.6 is 11.8 Å². The first-order valence-corrected chi connectivity index (χ1v) is 10.6. The average molecular weight is 367 g/mol. The normalized spacial score (nSPS) is 18.8. The van der Waals surface area contributed by atoms with Crippen LogP contribution in [-0.2, 0) is 6.42 Å². The Morgan fingerprint density at radius 1 is 1.36 bits per heavy atom. The number of thioether (sulfide) groups is 1. The van der Waals surface area contributed by atoms with Crippen molar-refractivity contribution < 1.29 is 9.41 Å². The first-order valence-electron chi connectivity index (χ1n) is 9.31. The molecule has 0 amide bonds. The number of nitro groups is 1. The van der Waals surface area contributed by atoms with Crippen molar-refractivity contribution in [3.8, 4) is 0 Å². The van der Waals surface area contributed by atoms with E-state index in [1.165, 1.54) is 37.1 Å². The summed E-state index contributed by atoms with van der Waals surface area (Å²) in [7, 11) is 0. The molecule has 5 nitrogen and oxygen atoms in total. The Balaban J connectivity index is 1.86. The molecule has 1 saturated heterocycles. The van der Waals surface area contributed by atoms with E-state index < -0.39 is 0 Å². The topological polar surface area (TPSA) is 46.4 Å². The van der Waals surface area contributed by atoms with Crippen molar-refractivity contribution in [1.82, 2.24) is 4.90 Å². The maximum absolute atomic E-state index is 10.9. The van der Waals surface area contributed by atoms with Crippen molar-refractivity contribution in [2.75, 3.05) is 52.1 Å². The van der Waals surface area contributed by atoms with Crippen LogP contribution in [0.25, 0.3) is 0 Å². The second-order valence-corrected chi connectivity index (χ2v) is 8.54. The largest absolute Gasteiger partial charge is 0.321 e. The van der Waals surface area contributed by atoms with Crippen LogP contribution in [-0.4, -0.2) is 71.6 Å². The van der Waals surface area contributed by atoms with Crippen LogP contribution < -0.4 is 0 Å². The lowest BCUT2D eigenvalue weighted by atomic mass is 10.1. The number of nitro benzene ring substituents is 1. The van der Waals surface area contributed by atoms with E-state index in [0.717, 1.165) is 31.6 Å². The molecule has 0 N–H and O–H groups in total. The van der Waals surface area contributed by atoms with Crippen molar-refractivity contribution in [3.63, 3.8) is 0 Å². The number of hydrogen-bond donors (Lipinski definition) is 0. The van der Waals surface area contributed by atoms with Gasteiger partial charge in [0.05, 0.1) is 36.4 Å². The van der Waals surface area contributed by atoms with Gasteiger partial charge in [0.15, 0.2) is 0 Å². The van der Waals surface area contributed by atoms with Gasteiger partial charge in [-0.2, -0.15) is 11.8 Å². The Labute approximate surface area is 156 Å². The van der Waals surface area contributed by atoms with E-state index in [4.69, 9.17) is 0 Å². The lowest BCUT2D eigenvalue weighted by molar-refractivity contribution is -0.931. The van der Waals surface area contributed by atoms with Gasteiger partial charge in [-0.15, -0.1) is 0 Å².